The van der Waals surface area contributed by atoms with Crippen molar-refractivity contribution in [2.45, 2.75) is 27.2 Å². The molecule has 0 radical (unpaired) electrons. The number of rotatable bonds is 9. The van der Waals surface area contributed by atoms with E-state index in [1.807, 2.05) is 44.2 Å². The normalized spacial score (nSPS) is 11.3. The number of aryl methyl sites for hydroxylation is 1. The van der Waals surface area contributed by atoms with Crippen LogP contribution in [-0.4, -0.2) is 29.0 Å². The zero-order valence-corrected chi connectivity index (χ0v) is 18.6. The van der Waals surface area contributed by atoms with Gasteiger partial charge in [0.15, 0.2) is 0 Å². The molecule has 0 spiro atoms. The molecule has 0 aliphatic heterocycles. The van der Waals surface area contributed by atoms with Crippen molar-refractivity contribution in [3.05, 3.63) is 65.9 Å². The van der Waals surface area contributed by atoms with E-state index in [1.165, 1.54) is 12.5 Å². The summed E-state index contributed by atoms with van der Waals surface area (Å²) < 4.78 is 5.90. The number of nitriles is 1. The number of nitrogens with zero attached hydrogens (tertiary/aromatic N) is 3. The van der Waals surface area contributed by atoms with Crippen LogP contribution >= 0.6 is 0 Å². The molecule has 0 aliphatic carbocycles. The first-order chi connectivity index (χ1) is 15.5. The average molecular weight is 430 g/mol. The lowest BCUT2D eigenvalue weighted by atomic mass is 10.1. The van der Waals surface area contributed by atoms with Gasteiger partial charge in [-0.3, -0.25) is 4.79 Å². The molecule has 1 amide bonds. The van der Waals surface area contributed by atoms with Crippen LogP contribution in [0.3, 0.4) is 0 Å². The fourth-order valence-corrected chi connectivity index (χ4v) is 3.07. The Kier molecular flexibility index (Phi) is 7.76. The first-order valence-electron chi connectivity index (χ1n) is 10.6. The average Bonchev–Trinajstić information content (AvgIpc) is 2.80. The molecule has 1 unspecified atom stereocenters. The number of amides is 1. The lowest BCUT2D eigenvalue weighted by Crippen LogP contribution is -2.29. The van der Waals surface area contributed by atoms with E-state index in [4.69, 9.17) is 4.74 Å². The van der Waals surface area contributed by atoms with Gasteiger partial charge in [-0.05, 0) is 49.7 Å². The third-order valence-corrected chi connectivity index (χ3v) is 5.05. The molecule has 1 aromatic heterocycles. The third-order valence-electron chi connectivity index (χ3n) is 5.05. The number of hydrogen-bond acceptors (Lipinski definition) is 6. The van der Waals surface area contributed by atoms with Crippen LogP contribution in [0, 0.1) is 24.2 Å². The van der Waals surface area contributed by atoms with Crippen molar-refractivity contribution in [3.63, 3.8) is 0 Å². The maximum Gasteiger partial charge on any atom is 0.227 e. The van der Waals surface area contributed by atoms with Gasteiger partial charge in [0.05, 0.1) is 17.9 Å². The zero-order chi connectivity index (χ0) is 22.9. The smallest absolute Gasteiger partial charge is 0.227 e. The lowest BCUT2D eigenvalue weighted by molar-refractivity contribution is -0.119. The number of carbonyl (C=O) groups excluding carboxylic acids is 1. The molecule has 0 aliphatic rings. The molecule has 0 fully saturated rings. The summed E-state index contributed by atoms with van der Waals surface area (Å²) in [6.07, 6.45) is 2.54. The van der Waals surface area contributed by atoms with Crippen LogP contribution in [0.1, 0.15) is 31.4 Å². The van der Waals surface area contributed by atoms with Gasteiger partial charge in [-0.2, -0.15) is 5.26 Å². The fraction of sp³-hybridized carbons (Fsp3) is 0.280. The third kappa shape index (κ3) is 6.29. The second-order valence-electron chi connectivity index (χ2n) is 7.60. The maximum absolute atomic E-state index is 11.1. The van der Waals surface area contributed by atoms with Crippen LogP contribution in [0.2, 0.25) is 0 Å². The van der Waals surface area contributed by atoms with E-state index in [1.54, 1.807) is 24.4 Å². The number of aromatic nitrogens is 2. The standard InChI is InChI=1S/C25H27N5O2/c1-4-19(15-28-18(3)31)16-32-24-10-7-20(13-21(24)14-26)23-11-12-27-25(30-23)29-22-8-5-17(2)6-9-22/h5-13,19H,4,15-16H2,1-3H3,(H,28,31)(H,27,29,30). The first-order valence-corrected chi connectivity index (χ1v) is 10.6. The minimum Gasteiger partial charge on any atom is -0.492 e. The van der Waals surface area contributed by atoms with E-state index in [0.29, 0.717) is 36.1 Å². The molecule has 1 heterocycles. The summed E-state index contributed by atoms with van der Waals surface area (Å²) in [5.41, 5.74) is 4.02. The summed E-state index contributed by atoms with van der Waals surface area (Å²) >= 11 is 0. The monoisotopic (exact) mass is 429 g/mol. The summed E-state index contributed by atoms with van der Waals surface area (Å²) in [4.78, 5) is 20.0. The molecule has 1 atom stereocenters. The topological polar surface area (TPSA) is 99.9 Å². The summed E-state index contributed by atoms with van der Waals surface area (Å²) in [5.74, 6) is 1.10. The second kappa shape index (κ2) is 10.9. The highest BCUT2D eigenvalue weighted by atomic mass is 16.5. The lowest BCUT2D eigenvalue weighted by Gasteiger charge is -2.17. The molecule has 0 bridgehead atoms. The number of hydrogen-bond donors (Lipinski definition) is 2. The Morgan fingerprint density at radius 3 is 2.66 bits per heavy atom. The highest BCUT2D eigenvalue weighted by Gasteiger charge is 2.12. The molecule has 2 aromatic carbocycles. The Hall–Kier alpha value is -3.92. The SMILES string of the molecule is CCC(CNC(C)=O)COc1ccc(-c2ccnc(Nc3ccc(C)cc3)n2)cc1C#N. The van der Waals surface area contributed by atoms with E-state index >= 15 is 0 Å². The minimum absolute atomic E-state index is 0.0633. The maximum atomic E-state index is 11.1. The van der Waals surface area contributed by atoms with Gasteiger partial charge in [-0.1, -0.05) is 24.6 Å². The van der Waals surface area contributed by atoms with Crippen molar-refractivity contribution in [1.82, 2.24) is 15.3 Å². The van der Waals surface area contributed by atoms with Gasteiger partial charge < -0.3 is 15.4 Å². The summed E-state index contributed by atoms with van der Waals surface area (Å²) in [5, 5.41) is 15.6. The quantitative estimate of drug-likeness (QED) is 0.515. The highest BCUT2D eigenvalue weighted by molar-refractivity contribution is 5.72. The molecule has 164 valence electrons. The number of carbonyl (C=O) groups is 1. The number of ether oxygens (including phenoxy) is 1. The molecular formula is C25H27N5O2. The van der Waals surface area contributed by atoms with Crippen molar-refractivity contribution < 1.29 is 9.53 Å². The Labute approximate surface area is 188 Å². The second-order valence-corrected chi connectivity index (χ2v) is 7.60. The Morgan fingerprint density at radius 1 is 1.19 bits per heavy atom. The molecule has 3 aromatic rings. The number of nitrogens with one attached hydrogen (secondary N) is 2. The van der Waals surface area contributed by atoms with Crippen LogP contribution in [0.4, 0.5) is 11.6 Å². The van der Waals surface area contributed by atoms with Crippen LogP contribution < -0.4 is 15.4 Å². The number of benzene rings is 2. The van der Waals surface area contributed by atoms with Crippen LogP contribution in [0.15, 0.2) is 54.7 Å². The van der Waals surface area contributed by atoms with Crippen molar-refractivity contribution in [1.29, 1.82) is 5.26 Å². The van der Waals surface area contributed by atoms with Crippen molar-refractivity contribution >= 4 is 17.5 Å². The molecule has 2 N–H and O–H groups in total. The summed E-state index contributed by atoms with van der Waals surface area (Å²) in [7, 11) is 0. The summed E-state index contributed by atoms with van der Waals surface area (Å²) in [6, 6.07) is 17.4. The Balaban J connectivity index is 1.73. The van der Waals surface area contributed by atoms with Gasteiger partial charge >= 0.3 is 0 Å². The van der Waals surface area contributed by atoms with E-state index in [-0.39, 0.29) is 11.8 Å². The van der Waals surface area contributed by atoms with Crippen LogP contribution in [0.5, 0.6) is 5.75 Å². The zero-order valence-electron chi connectivity index (χ0n) is 18.6. The van der Waals surface area contributed by atoms with E-state index < -0.39 is 0 Å². The van der Waals surface area contributed by atoms with Gasteiger partial charge in [0.1, 0.15) is 11.8 Å². The fourth-order valence-electron chi connectivity index (χ4n) is 3.07. The van der Waals surface area contributed by atoms with E-state index in [9.17, 15) is 10.1 Å². The van der Waals surface area contributed by atoms with E-state index in [2.05, 4.69) is 26.7 Å². The predicted octanol–water partition coefficient (Wildman–Crippen LogP) is 4.61. The molecule has 32 heavy (non-hydrogen) atoms. The van der Waals surface area contributed by atoms with Gasteiger partial charge in [0.25, 0.3) is 0 Å². The highest BCUT2D eigenvalue weighted by Crippen LogP contribution is 2.26. The molecule has 0 saturated heterocycles. The predicted molar refractivity (Wildman–Crippen MR) is 125 cm³/mol. The molecule has 7 nitrogen and oxygen atoms in total. The van der Waals surface area contributed by atoms with Gasteiger partial charge in [0.2, 0.25) is 11.9 Å². The van der Waals surface area contributed by atoms with Gasteiger partial charge in [-0.25, -0.2) is 9.97 Å². The number of anilines is 2. The minimum atomic E-state index is -0.0633. The first kappa shape index (κ1) is 22.8. The molecular weight excluding hydrogens is 402 g/mol. The van der Waals surface area contributed by atoms with Crippen molar-refractivity contribution in [2.75, 3.05) is 18.5 Å². The van der Waals surface area contributed by atoms with Crippen molar-refractivity contribution in [2.24, 2.45) is 5.92 Å². The molecule has 3 rings (SSSR count). The summed E-state index contributed by atoms with van der Waals surface area (Å²) in [6.45, 7) is 6.54. The molecule has 0 saturated carbocycles. The van der Waals surface area contributed by atoms with Crippen LogP contribution in [0.25, 0.3) is 11.3 Å². The molecule has 7 heteroatoms. The van der Waals surface area contributed by atoms with Gasteiger partial charge in [0, 0.05) is 36.8 Å². The Morgan fingerprint density at radius 2 is 1.97 bits per heavy atom. The van der Waals surface area contributed by atoms with E-state index in [0.717, 1.165) is 17.7 Å². The van der Waals surface area contributed by atoms with Crippen molar-refractivity contribution in [3.8, 4) is 23.1 Å². The van der Waals surface area contributed by atoms with Crippen LogP contribution in [-0.2, 0) is 4.79 Å². The van der Waals surface area contributed by atoms with Gasteiger partial charge in [-0.15, -0.1) is 0 Å². The Bertz CT molecular complexity index is 1110. The largest absolute Gasteiger partial charge is 0.492 e.